The average Bonchev–Trinajstić information content (AvgIpc) is 2.49. The van der Waals surface area contributed by atoms with Gasteiger partial charge in [0.25, 0.3) is 0 Å². The summed E-state index contributed by atoms with van der Waals surface area (Å²) in [5, 5.41) is 3.59. The smallest absolute Gasteiger partial charge is 0.246 e. The van der Waals surface area contributed by atoms with Gasteiger partial charge in [-0.05, 0) is 32.0 Å². The number of nitrogens with one attached hydrogen (secondary N) is 1. The lowest BCUT2D eigenvalue weighted by Gasteiger charge is -2.31. The standard InChI is InChI=1S/C15H23ClN2O4S/c1-11-9-18(7-6-17-11)23(19,20)15-8-13(16)4-5-14(15)22-12(2)10-21-3/h4-5,8,11-12,17H,6-7,9-10H2,1-3H3. The van der Waals surface area contributed by atoms with E-state index in [-0.39, 0.29) is 17.0 Å². The molecule has 0 aromatic heterocycles. The van der Waals surface area contributed by atoms with Gasteiger partial charge < -0.3 is 14.8 Å². The third-order valence-corrected chi connectivity index (χ3v) is 5.71. The van der Waals surface area contributed by atoms with Crippen LogP contribution in [0.4, 0.5) is 0 Å². The van der Waals surface area contributed by atoms with E-state index in [0.29, 0.717) is 37.0 Å². The van der Waals surface area contributed by atoms with Crippen molar-refractivity contribution in [2.24, 2.45) is 0 Å². The van der Waals surface area contributed by atoms with E-state index in [1.807, 2.05) is 13.8 Å². The summed E-state index contributed by atoms with van der Waals surface area (Å²) in [5.74, 6) is 0.296. The normalized spacial score (nSPS) is 21.1. The minimum Gasteiger partial charge on any atom is -0.487 e. The van der Waals surface area contributed by atoms with Crippen molar-refractivity contribution in [3.63, 3.8) is 0 Å². The maximum atomic E-state index is 13.0. The number of sulfonamides is 1. The van der Waals surface area contributed by atoms with Crippen LogP contribution < -0.4 is 10.1 Å². The second-order valence-corrected chi connectivity index (χ2v) is 8.04. The lowest BCUT2D eigenvalue weighted by Crippen LogP contribution is -2.51. The number of benzene rings is 1. The second kappa shape index (κ2) is 7.81. The molecule has 0 saturated carbocycles. The van der Waals surface area contributed by atoms with E-state index in [1.165, 1.54) is 10.4 Å². The van der Waals surface area contributed by atoms with Crippen LogP contribution in [0.1, 0.15) is 13.8 Å². The molecule has 2 atom stereocenters. The van der Waals surface area contributed by atoms with E-state index in [1.54, 1.807) is 19.2 Å². The SMILES string of the molecule is COCC(C)Oc1ccc(Cl)cc1S(=O)(=O)N1CCNC(C)C1. The van der Waals surface area contributed by atoms with Crippen molar-refractivity contribution in [2.45, 2.75) is 30.9 Å². The van der Waals surface area contributed by atoms with Crippen molar-refractivity contribution in [2.75, 3.05) is 33.4 Å². The van der Waals surface area contributed by atoms with E-state index >= 15 is 0 Å². The predicted molar refractivity (Wildman–Crippen MR) is 89.6 cm³/mol. The third-order valence-electron chi connectivity index (χ3n) is 3.58. The molecule has 2 unspecified atom stereocenters. The highest BCUT2D eigenvalue weighted by Gasteiger charge is 2.31. The molecule has 23 heavy (non-hydrogen) atoms. The zero-order chi connectivity index (χ0) is 17.0. The van der Waals surface area contributed by atoms with Crippen LogP contribution in [0.25, 0.3) is 0 Å². The molecule has 1 aromatic carbocycles. The second-order valence-electron chi connectivity index (χ2n) is 5.69. The molecule has 1 aliphatic rings. The zero-order valence-electron chi connectivity index (χ0n) is 13.6. The number of piperazine rings is 1. The van der Waals surface area contributed by atoms with Crippen LogP contribution in [-0.2, 0) is 14.8 Å². The lowest BCUT2D eigenvalue weighted by atomic mass is 10.3. The Bertz CT molecular complexity index is 638. The van der Waals surface area contributed by atoms with E-state index in [4.69, 9.17) is 21.1 Å². The van der Waals surface area contributed by atoms with Crippen molar-refractivity contribution in [3.8, 4) is 5.75 Å². The fourth-order valence-corrected chi connectivity index (χ4v) is 4.43. The Morgan fingerprint density at radius 1 is 1.48 bits per heavy atom. The maximum absolute atomic E-state index is 13.0. The average molecular weight is 363 g/mol. The fraction of sp³-hybridized carbons (Fsp3) is 0.600. The quantitative estimate of drug-likeness (QED) is 0.834. The Morgan fingerprint density at radius 3 is 2.87 bits per heavy atom. The van der Waals surface area contributed by atoms with Gasteiger partial charge in [0.05, 0.1) is 6.61 Å². The van der Waals surface area contributed by atoms with Crippen molar-refractivity contribution in [1.82, 2.24) is 9.62 Å². The molecule has 1 aromatic rings. The molecule has 2 rings (SSSR count). The number of nitrogens with zero attached hydrogens (tertiary/aromatic N) is 1. The van der Waals surface area contributed by atoms with E-state index < -0.39 is 10.0 Å². The summed E-state index contributed by atoms with van der Waals surface area (Å²) in [7, 11) is -2.09. The molecule has 1 aliphatic heterocycles. The Kier molecular flexibility index (Phi) is 6.27. The number of halogens is 1. The summed E-state index contributed by atoms with van der Waals surface area (Å²) >= 11 is 6.01. The molecular formula is C15H23ClN2O4S. The Morgan fingerprint density at radius 2 is 2.22 bits per heavy atom. The summed E-state index contributed by atoms with van der Waals surface area (Å²) in [4.78, 5) is 0.0991. The molecule has 0 amide bonds. The summed E-state index contributed by atoms with van der Waals surface area (Å²) in [5.41, 5.74) is 0. The number of hydrogen-bond acceptors (Lipinski definition) is 5. The largest absolute Gasteiger partial charge is 0.487 e. The van der Waals surface area contributed by atoms with Crippen LogP contribution in [0.2, 0.25) is 5.02 Å². The van der Waals surface area contributed by atoms with Gasteiger partial charge in [0, 0.05) is 37.8 Å². The Balaban J connectivity index is 2.34. The minimum absolute atomic E-state index is 0.0991. The van der Waals surface area contributed by atoms with E-state index in [2.05, 4.69) is 5.32 Å². The van der Waals surface area contributed by atoms with Gasteiger partial charge in [0.15, 0.2) is 0 Å². The minimum atomic E-state index is -3.67. The van der Waals surface area contributed by atoms with Gasteiger partial charge in [0.2, 0.25) is 10.0 Å². The molecule has 130 valence electrons. The van der Waals surface area contributed by atoms with Crippen LogP contribution >= 0.6 is 11.6 Å². The molecule has 1 fully saturated rings. The lowest BCUT2D eigenvalue weighted by molar-refractivity contribution is 0.0900. The first kappa shape index (κ1) is 18.5. The maximum Gasteiger partial charge on any atom is 0.246 e. The molecule has 0 radical (unpaired) electrons. The predicted octanol–water partition coefficient (Wildman–Crippen LogP) is 1.74. The number of hydrogen-bond donors (Lipinski definition) is 1. The van der Waals surface area contributed by atoms with E-state index in [9.17, 15) is 8.42 Å². The molecule has 1 N–H and O–H groups in total. The first-order valence-corrected chi connectivity index (χ1v) is 9.35. The molecular weight excluding hydrogens is 340 g/mol. The Hall–Kier alpha value is -0.860. The van der Waals surface area contributed by atoms with Gasteiger partial charge in [-0.3, -0.25) is 0 Å². The molecule has 6 nitrogen and oxygen atoms in total. The number of rotatable bonds is 6. The van der Waals surface area contributed by atoms with Crippen molar-refractivity contribution >= 4 is 21.6 Å². The van der Waals surface area contributed by atoms with Gasteiger partial charge in [-0.25, -0.2) is 8.42 Å². The topological polar surface area (TPSA) is 67.9 Å². The van der Waals surface area contributed by atoms with Gasteiger partial charge >= 0.3 is 0 Å². The summed E-state index contributed by atoms with van der Waals surface area (Å²) in [6.07, 6.45) is -0.267. The van der Waals surface area contributed by atoms with Gasteiger partial charge in [0.1, 0.15) is 16.7 Å². The Labute approximate surface area is 142 Å². The summed E-state index contributed by atoms with van der Waals surface area (Å²) in [6.45, 7) is 5.61. The molecule has 0 bridgehead atoms. The fourth-order valence-electron chi connectivity index (χ4n) is 2.52. The van der Waals surface area contributed by atoms with E-state index in [0.717, 1.165) is 0 Å². The molecule has 8 heteroatoms. The molecule has 0 aliphatic carbocycles. The van der Waals surface area contributed by atoms with Crippen LogP contribution in [0.3, 0.4) is 0 Å². The number of ether oxygens (including phenoxy) is 2. The molecule has 1 heterocycles. The third kappa shape index (κ3) is 4.58. The summed E-state index contributed by atoms with van der Waals surface area (Å²) in [6, 6.07) is 4.76. The van der Waals surface area contributed by atoms with Gasteiger partial charge in [-0.15, -0.1) is 0 Å². The van der Waals surface area contributed by atoms with Gasteiger partial charge in [-0.1, -0.05) is 11.6 Å². The highest BCUT2D eigenvalue weighted by atomic mass is 35.5. The molecule has 1 saturated heterocycles. The van der Waals surface area contributed by atoms with Crippen LogP contribution in [0.15, 0.2) is 23.1 Å². The number of methoxy groups -OCH3 is 1. The monoisotopic (exact) mass is 362 g/mol. The van der Waals surface area contributed by atoms with Crippen molar-refractivity contribution < 1.29 is 17.9 Å². The highest BCUT2D eigenvalue weighted by molar-refractivity contribution is 7.89. The van der Waals surface area contributed by atoms with Crippen LogP contribution in [0, 0.1) is 0 Å². The highest BCUT2D eigenvalue weighted by Crippen LogP contribution is 2.31. The van der Waals surface area contributed by atoms with Crippen LogP contribution in [-0.4, -0.2) is 58.2 Å². The van der Waals surface area contributed by atoms with Crippen LogP contribution in [0.5, 0.6) is 5.75 Å². The first-order valence-electron chi connectivity index (χ1n) is 7.53. The van der Waals surface area contributed by atoms with Crippen molar-refractivity contribution in [1.29, 1.82) is 0 Å². The van der Waals surface area contributed by atoms with Gasteiger partial charge in [-0.2, -0.15) is 4.31 Å². The molecule has 0 spiro atoms. The first-order chi connectivity index (χ1) is 10.8. The van der Waals surface area contributed by atoms with Crippen molar-refractivity contribution in [3.05, 3.63) is 23.2 Å². The summed E-state index contributed by atoms with van der Waals surface area (Å²) < 4.78 is 38.2. The zero-order valence-corrected chi connectivity index (χ0v) is 15.2.